The Morgan fingerprint density at radius 1 is 1.16 bits per heavy atom. The summed E-state index contributed by atoms with van der Waals surface area (Å²) in [4.78, 5) is 17.2. The Kier molecular flexibility index (Phi) is 4.80. The van der Waals surface area contributed by atoms with E-state index in [1.807, 2.05) is 42.5 Å². The lowest BCUT2D eigenvalue weighted by Gasteiger charge is -2.10. The molecule has 0 bridgehead atoms. The lowest BCUT2D eigenvalue weighted by Crippen LogP contribution is -2.24. The van der Waals surface area contributed by atoms with Crippen LogP contribution < -0.4 is 5.32 Å². The summed E-state index contributed by atoms with van der Waals surface area (Å²) in [5.41, 5.74) is 3.80. The van der Waals surface area contributed by atoms with Crippen LogP contribution in [0.4, 0.5) is 0 Å². The summed E-state index contributed by atoms with van der Waals surface area (Å²) in [5, 5.41) is 4.09. The zero-order chi connectivity index (χ0) is 17.2. The Morgan fingerprint density at radius 3 is 2.68 bits per heavy atom. The Labute approximate surface area is 164 Å². The van der Waals surface area contributed by atoms with Gasteiger partial charge < -0.3 is 9.88 Å². The van der Waals surface area contributed by atoms with Crippen molar-refractivity contribution in [3.05, 3.63) is 69.4 Å². The van der Waals surface area contributed by atoms with Crippen LogP contribution in [0.25, 0.3) is 11.3 Å². The summed E-state index contributed by atoms with van der Waals surface area (Å²) in [5.74, 6) is 0.978. The molecule has 0 saturated heterocycles. The number of thioether (sulfide) groups is 1. The van der Waals surface area contributed by atoms with Crippen molar-refractivity contribution in [2.45, 2.75) is 18.2 Å². The minimum atomic E-state index is -0.0587. The largest absolute Gasteiger partial charge is 0.346 e. The third kappa shape index (κ3) is 3.46. The van der Waals surface area contributed by atoms with E-state index >= 15 is 0 Å². The number of nitrogens with one attached hydrogen (secondary N) is 1. The predicted molar refractivity (Wildman–Crippen MR) is 109 cm³/mol. The Balaban J connectivity index is 1.60. The van der Waals surface area contributed by atoms with Crippen molar-refractivity contribution >= 4 is 40.3 Å². The van der Waals surface area contributed by atoms with Crippen molar-refractivity contribution in [3.8, 4) is 11.3 Å². The highest BCUT2D eigenvalue weighted by atomic mass is 127. The molecule has 0 atom stereocenters. The fraction of sp³-hybridized carbons (Fsp3) is 0.158. The predicted octanol–water partition coefficient (Wildman–Crippen LogP) is 4.19. The van der Waals surface area contributed by atoms with Gasteiger partial charge in [0.2, 0.25) is 0 Å². The van der Waals surface area contributed by atoms with E-state index in [4.69, 9.17) is 4.98 Å². The molecule has 4 nitrogen and oxygen atoms in total. The molecule has 2 heterocycles. The van der Waals surface area contributed by atoms with Gasteiger partial charge in [-0.1, -0.05) is 42.1 Å². The smallest absolute Gasteiger partial charge is 0.251 e. The maximum Gasteiger partial charge on any atom is 0.251 e. The van der Waals surface area contributed by atoms with Gasteiger partial charge in [0.05, 0.1) is 17.9 Å². The van der Waals surface area contributed by atoms with Crippen LogP contribution in [0, 0.1) is 3.57 Å². The number of carbonyl (C=O) groups is 1. The van der Waals surface area contributed by atoms with Gasteiger partial charge in [-0.3, -0.25) is 4.79 Å². The number of carbonyl (C=O) groups excluding carboxylic acids is 1. The average molecular weight is 461 g/mol. The van der Waals surface area contributed by atoms with Crippen LogP contribution in [-0.4, -0.2) is 21.2 Å². The minimum Gasteiger partial charge on any atom is -0.346 e. The van der Waals surface area contributed by atoms with E-state index in [1.165, 1.54) is 0 Å². The molecule has 0 fully saturated rings. The number of imidazole rings is 1. The van der Waals surface area contributed by atoms with Crippen molar-refractivity contribution in [2.24, 2.45) is 0 Å². The molecule has 1 amide bonds. The highest BCUT2D eigenvalue weighted by Gasteiger charge is 2.22. The number of benzene rings is 2. The van der Waals surface area contributed by atoms with Crippen LogP contribution in [-0.2, 0) is 13.1 Å². The summed E-state index contributed by atoms with van der Waals surface area (Å²) >= 11 is 4.00. The summed E-state index contributed by atoms with van der Waals surface area (Å²) in [6.07, 6.45) is 0. The zero-order valence-corrected chi connectivity index (χ0v) is 16.4. The van der Waals surface area contributed by atoms with Crippen molar-refractivity contribution in [3.63, 3.8) is 0 Å². The minimum absolute atomic E-state index is 0.0587. The van der Waals surface area contributed by atoms with Gasteiger partial charge in [-0.25, -0.2) is 4.98 Å². The lowest BCUT2D eigenvalue weighted by atomic mass is 10.1. The van der Waals surface area contributed by atoms with Gasteiger partial charge in [0.15, 0.2) is 5.16 Å². The monoisotopic (exact) mass is 461 g/mol. The SMILES string of the molecule is O=C(NCc1c(-c2ccccc2)nc2n1CCS2)c1ccc(I)cc1. The van der Waals surface area contributed by atoms with E-state index in [-0.39, 0.29) is 5.91 Å². The molecule has 0 radical (unpaired) electrons. The van der Waals surface area contributed by atoms with Gasteiger partial charge in [-0.15, -0.1) is 0 Å². The summed E-state index contributed by atoms with van der Waals surface area (Å²) in [7, 11) is 0. The van der Waals surface area contributed by atoms with E-state index in [2.05, 4.69) is 44.6 Å². The number of nitrogens with zero attached hydrogens (tertiary/aromatic N) is 2. The second-order valence-corrected chi connectivity index (χ2v) is 8.05. The molecule has 4 rings (SSSR count). The molecule has 3 aromatic rings. The fourth-order valence-corrected chi connectivity index (χ4v) is 4.24. The molecule has 6 heteroatoms. The quantitative estimate of drug-likeness (QED) is 0.593. The van der Waals surface area contributed by atoms with Gasteiger partial charge in [0.25, 0.3) is 5.91 Å². The van der Waals surface area contributed by atoms with E-state index in [0.717, 1.165) is 38.0 Å². The number of hydrogen-bond donors (Lipinski definition) is 1. The molecule has 0 aliphatic carbocycles. The van der Waals surface area contributed by atoms with Crippen LogP contribution in [0.5, 0.6) is 0 Å². The van der Waals surface area contributed by atoms with Gasteiger partial charge >= 0.3 is 0 Å². The van der Waals surface area contributed by atoms with Gasteiger partial charge in [0.1, 0.15) is 0 Å². The standard InChI is InChI=1S/C19H16IN3OS/c20-15-8-6-14(7-9-15)18(24)21-12-16-17(13-4-2-1-3-5-13)22-19-23(16)10-11-25-19/h1-9H,10-12H2,(H,21,24). The normalized spacial score (nSPS) is 12.8. The van der Waals surface area contributed by atoms with Gasteiger partial charge in [-0.2, -0.15) is 0 Å². The highest BCUT2D eigenvalue weighted by molar-refractivity contribution is 14.1. The van der Waals surface area contributed by atoms with Crippen LogP contribution in [0.15, 0.2) is 59.8 Å². The van der Waals surface area contributed by atoms with Crippen molar-refractivity contribution in [1.82, 2.24) is 14.9 Å². The first-order valence-corrected chi connectivity index (χ1v) is 10.1. The van der Waals surface area contributed by atoms with E-state index in [0.29, 0.717) is 12.1 Å². The highest BCUT2D eigenvalue weighted by Crippen LogP contribution is 2.33. The number of fused-ring (bicyclic) bond motifs is 1. The van der Waals surface area contributed by atoms with Gasteiger partial charge in [0, 0.05) is 27.0 Å². The number of aromatic nitrogens is 2. The maximum absolute atomic E-state index is 12.5. The Hall–Kier alpha value is -1.80. The number of amides is 1. The molecule has 0 spiro atoms. The summed E-state index contributed by atoms with van der Waals surface area (Å²) in [6.45, 7) is 1.41. The third-order valence-corrected chi connectivity index (χ3v) is 5.83. The van der Waals surface area contributed by atoms with Crippen molar-refractivity contribution in [2.75, 3.05) is 5.75 Å². The molecule has 1 aliphatic heterocycles. The molecule has 126 valence electrons. The first-order valence-electron chi connectivity index (χ1n) is 8.04. The number of halogens is 1. The first kappa shape index (κ1) is 16.7. The number of hydrogen-bond acceptors (Lipinski definition) is 3. The van der Waals surface area contributed by atoms with Gasteiger partial charge in [-0.05, 0) is 46.9 Å². The first-order chi connectivity index (χ1) is 12.2. The molecule has 0 unspecified atom stereocenters. The molecule has 2 aromatic carbocycles. The topological polar surface area (TPSA) is 46.9 Å². The van der Waals surface area contributed by atoms with Crippen LogP contribution in [0.2, 0.25) is 0 Å². The Bertz CT molecular complexity index is 906. The zero-order valence-electron chi connectivity index (χ0n) is 13.4. The second-order valence-electron chi connectivity index (χ2n) is 5.75. The van der Waals surface area contributed by atoms with Crippen LogP contribution in [0.1, 0.15) is 16.1 Å². The van der Waals surface area contributed by atoms with Crippen LogP contribution >= 0.6 is 34.4 Å². The molecular weight excluding hydrogens is 445 g/mol. The van der Waals surface area contributed by atoms with E-state index in [9.17, 15) is 4.79 Å². The third-order valence-electron chi connectivity index (χ3n) is 4.15. The summed E-state index contributed by atoms with van der Waals surface area (Å²) in [6, 6.07) is 17.7. The van der Waals surface area contributed by atoms with Crippen LogP contribution in [0.3, 0.4) is 0 Å². The summed E-state index contributed by atoms with van der Waals surface area (Å²) < 4.78 is 3.34. The maximum atomic E-state index is 12.5. The van der Waals surface area contributed by atoms with Crippen molar-refractivity contribution in [1.29, 1.82) is 0 Å². The molecule has 1 aliphatic rings. The average Bonchev–Trinajstić information content (AvgIpc) is 3.22. The fourth-order valence-electron chi connectivity index (χ4n) is 2.91. The molecule has 25 heavy (non-hydrogen) atoms. The lowest BCUT2D eigenvalue weighted by molar-refractivity contribution is 0.0950. The molecule has 0 saturated carbocycles. The number of rotatable bonds is 4. The van der Waals surface area contributed by atoms with E-state index in [1.54, 1.807) is 11.8 Å². The molecular formula is C19H16IN3OS. The molecule has 1 aromatic heterocycles. The second kappa shape index (κ2) is 7.21. The molecule has 1 N–H and O–H groups in total. The van der Waals surface area contributed by atoms with E-state index < -0.39 is 0 Å². The van der Waals surface area contributed by atoms with Crippen molar-refractivity contribution < 1.29 is 4.79 Å². The Morgan fingerprint density at radius 2 is 1.92 bits per heavy atom.